The molecule has 1 heterocycles. The lowest BCUT2D eigenvalue weighted by Gasteiger charge is -2.06. The molecule has 1 aromatic carbocycles. The summed E-state index contributed by atoms with van der Waals surface area (Å²) in [7, 11) is 0. The highest BCUT2D eigenvalue weighted by molar-refractivity contribution is 5.48. The first kappa shape index (κ1) is 14.9. The van der Waals surface area contributed by atoms with Gasteiger partial charge in [-0.25, -0.2) is 0 Å². The zero-order valence-corrected chi connectivity index (χ0v) is 11.8. The average Bonchev–Trinajstić information content (AvgIpc) is 2.93. The number of nitrogens with two attached hydrogens (primary N) is 1. The SMILES string of the molecule is CC(C)c1nc(COc2cc(CN)ccc2[N+](=O)[O-])no1. The maximum atomic E-state index is 11.0. The highest BCUT2D eigenvalue weighted by atomic mass is 16.6. The predicted molar refractivity (Wildman–Crippen MR) is 73.7 cm³/mol. The average molecular weight is 292 g/mol. The second kappa shape index (κ2) is 6.31. The van der Waals surface area contributed by atoms with E-state index in [1.54, 1.807) is 12.1 Å². The third-order valence-corrected chi connectivity index (χ3v) is 2.79. The molecule has 2 aromatic rings. The van der Waals surface area contributed by atoms with Crippen molar-refractivity contribution in [3.8, 4) is 5.75 Å². The van der Waals surface area contributed by atoms with Crippen molar-refractivity contribution in [3.05, 3.63) is 45.6 Å². The van der Waals surface area contributed by atoms with Crippen LogP contribution in [-0.4, -0.2) is 15.1 Å². The number of ether oxygens (including phenoxy) is 1. The van der Waals surface area contributed by atoms with E-state index in [2.05, 4.69) is 10.1 Å². The molecule has 2 N–H and O–H groups in total. The molecule has 2 rings (SSSR count). The summed E-state index contributed by atoms with van der Waals surface area (Å²) in [4.78, 5) is 14.6. The lowest BCUT2D eigenvalue weighted by molar-refractivity contribution is -0.386. The maximum absolute atomic E-state index is 11.0. The predicted octanol–water partition coefficient (Wildman–Crippen LogP) is 2.14. The Bertz CT molecular complexity index is 639. The van der Waals surface area contributed by atoms with Crippen LogP contribution in [0, 0.1) is 10.1 Å². The van der Waals surface area contributed by atoms with Crippen LogP contribution in [-0.2, 0) is 13.2 Å². The van der Waals surface area contributed by atoms with E-state index < -0.39 is 4.92 Å². The van der Waals surface area contributed by atoms with Crippen LogP contribution in [0.2, 0.25) is 0 Å². The highest BCUT2D eigenvalue weighted by Crippen LogP contribution is 2.28. The Morgan fingerprint density at radius 1 is 1.48 bits per heavy atom. The number of rotatable bonds is 6. The minimum Gasteiger partial charge on any atom is -0.478 e. The second-order valence-electron chi connectivity index (χ2n) is 4.76. The number of benzene rings is 1. The monoisotopic (exact) mass is 292 g/mol. The summed E-state index contributed by atoms with van der Waals surface area (Å²) in [5.74, 6) is 1.09. The van der Waals surface area contributed by atoms with Crippen LogP contribution in [0.1, 0.15) is 37.0 Å². The molecule has 0 aliphatic rings. The van der Waals surface area contributed by atoms with Crippen molar-refractivity contribution in [3.63, 3.8) is 0 Å². The Morgan fingerprint density at radius 2 is 2.24 bits per heavy atom. The van der Waals surface area contributed by atoms with Gasteiger partial charge in [0, 0.05) is 18.5 Å². The van der Waals surface area contributed by atoms with Gasteiger partial charge in [-0.05, 0) is 11.6 Å². The van der Waals surface area contributed by atoms with E-state index in [1.165, 1.54) is 6.07 Å². The fourth-order valence-electron chi connectivity index (χ4n) is 1.65. The lowest BCUT2D eigenvalue weighted by atomic mass is 10.2. The van der Waals surface area contributed by atoms with E-state index in [0.29, 0.717) is 11.7 Å². The quantitative estimate of drug-likeness (QED) is 0.640. The molecule has 0 unspecified atom stereocenters. The van der Waals surface area contributed by atoms with Gasteiger partial charge in [-0.2, -0.15) is 4.98 Å². The van der Waals surface area contributed by atoms with Crippen molar-refractivity contribution in [1.82, 2.24) is 10.1 Å². The van der Waals surface area contributed by atoms with E-state index >= 15 is 0 Å². The van der Waals surface area contributed by atoms with Crippen LogP contribution in [0.3, 0.4) is 0 Å². The van der Waals surface area contributed by atoms with Crippen LogP contribution < -0.4 is 10.5 Å². The largest absolute Gasteiger partial charge is 0.478 e. The summed E-state index contributed by atoms with van der Waals surface area (Å²) in [6, 6.07) is 4.51. The third-order valence-electron chi connectivity index (χ3n) is 2.79. The van der Waals surface area contributed by atoms with Gasteiger partial charge >= 0.3 is 5.69 Å². The molecule has 0 saturated heterocycles. The molecular weight excluding hydrogens is 276 g/mol. The molecule has 21 heavy (non-hydrogen) atoms. The van der Waals surface area contributed by atoms with E-state index in [4.69, 9.17) is 15.0 Å². The van der Waals surface area contributed by atoms with Crippen molar-refractivity contribution < 1.29 is 14.2 Å². The van der Waals surface area contributed by atoms with Crippen LogP contribution in [0.4, 0.5) is 5.69 Å². The Labute approximate surface area is 121 Å². The van der Waals surface area contributed by atoms with Gasteiger partial charge in [-0.1, -0.05) is 25.1 Å². The van der Waals surface area contributed by atoms with Gasteiger partial charge in [0.05, 0.1) is 4.92 Å². The molecule has 0 radical (unpaired) electrons. The summed E-state index contributed by atoms with van der Waals surface area (Å²) in [5.41, 5.74) is 6.14. The van der Waals surface area contributed by atoms with Crippen molar-refractivity contribution >= 4 is 5.69 Å². The number of nitro benzene ring substituents is 1. The van der Waals surface area contributed by atoms with E-state index in [-0.39, 0.29) is 30.5 Å². The first-order chi connectivity index (χ1) is 10.0. The number of aromatic nitrogens is 2. The topological polar surface area (TPSA) is 117 Å². The Balaban J connectivity index is 2.15. The Morgan fingerprint density at radius 3 is 2.81 bits per heavy atom. The minimum atomic E-state index is -0.509. The van der Waals surface area contributed by atoms with Crippen molar-refractivity contribution in [1.29, 1.82) is 0 Å². The van der Waals surface area contributed by atoms with Gasteiger partial charge in [0.25, 0.3) is 0 Å². The van der Waals surface area contributed by atoms with E-state index in [0.717, 1.165) is 5.56 Å². The summed E-state index contributed by atoms with van der Waals surface area (Å²) in [5, 5.41) is 14.7. The van der Waals surface area contributed by atoms with Crippen molar-refractivity contribution in [2.45, 2.75) is 32.9 Å². The molecule has 0 aliphatic heterocycles. The molecule has 0 spiro atoms. The summed E-state index contributed by atoms with van der Waals surface area (Å²) < 4.78 is 10.5. The summed E-state index contributed by atoms with van der Waals surface area (Å²) in [6.07, 6.45) is 0. The van der Waals surface area contributed by atoms with Crippen LogP contribution in [0.5, 0.6) is 5.75 Å². The molecule has 112 valence electrons. The van der Waals surface area contributed by atoms with Crippen LogP contribution >= 0.6 is 0 Å². The molecule has 0 saturated carbocycles. The minimum absolute atomic E-state index is 0.00884. The standard InChI is InChI=1S/C13H16N4O4/c1-8(2)13-15-12(16-21-13)7-20-11-5-9(6-14)3-4-10(11)17(18)19/h3-5,8H,6-7,14H2,1-2H3. The van der Waals surface area contributed by atoms with Gasteiger partial charge < -0.3 is 15.0 Å². The first-order valence-electron chi connectivity index (χ1n) is 6.44. The number of hydrogen-bond donors (Lipinski definition) is 1. The third kappa shape index (κ3) is 3.54. The van der Waals surface area contributed by atoms with Crippen LogP contribution in [0.15, 0.2) is 22.7 Å². The van der Waals surface area contributed by atoms with Gasteiger partial charge in [0.2, 0.25) is 11.7 Å². The van der Waals surface area contributed by atoms with E-state index in [9.17, 15) is 10.1 Å². The van der Waals surface area contributed by atoms with Crippen molar-refractivity contribution in [2.75, 3.05) is 0 Å². The van der Waals surface area contributed by atoms with Gasteiger partial charge in [-0.15, -0.1) is 0 Å². The first-order valence-corrected chi connectivity index (χ1v) is 6.44. The molecule has 8 nitrogen and oxygen atoms in total. The van der Waals surface area contributed by atoms with Crippen molar-refractivity contribution in [2.24, 2.45) is 5.73 Å². The lowest BCUT2D eigenvalue weighted by Crippen LogP contribution is -2.03. The maximum Gasteiger partial charge on any atom is 0.310 e. The highest BCUT2D eigenvalue weighted by Gasteiger charge is 2.17. The molecule has 0 bridgehead atoms. The fourth-order valence-corrected chi connectivity index (χ4v) is 1.65. The van der Waals surface area contributed by atoms with Gasteiger partial charge in [-0.3, -0.25) is 10.1 Å². The van der Waals surface area contributed by atoms with E-state index in [1.807, 2.05) is 13.8 Å². The summed E-state index contributed by atoms with van der Waals surface area (Å²) >= 11 is 0. The normalized spacial score (nSPS) is 10.9. The molecule has 0 atom stereocenters. The van der Waals surface area contributed by atoms with Crippen LogP contribution in [0.25, 0.3) is 0 Å². The van der Waals surface area contributed by atoms with Gasteiger partial charge in [0.15, 0.2) is 12.4 Å². The molecule has 1 aromatic heterocycles. The molecule has 0 fully saturated rings. The number of nitrogens with zero attached hydrogens (tertiary/aromatic N) is 3. The molecule has 0 amide bonds. The Hall–Kier alpha value is -2.48. The zero-order valence-electron chi connectivity index (χ0n) is 11.8. The number of nitro groups is 1. The Kier molecular flexibility index (Phi) is 4.49. The van der Waals surface area contributed by atoms with Gasteiger partial charge in [0.1, 0.15) is 0 Å². The fraction of sp³-hybridized carbons (Fsp3) is 0.385. The zero-order chi connectivity index (χ0) is 15.4. The smallest absolute Gasteiger partial charge is 0.310 e. The molecule has 0 aliphatic carbocycles. The second-order valence-corrected chi connectivity index (χ2v) is 4.76. The molecule has 8 heteroatoms. The molecular formula is C13H16N4O4. The number of hydrogen-bond acceptors (Lipinski definition) is 7. The summed E-state index contributed by atoms with van der Waals surface area (Å²) in [6.45, 7) is 4.11.